The molecule has 2 aliphatic rings. The average molecular weight is 431 g/mol. The van der Waals surface area contributed by atoms with E-state index in [0.29, 0.717) is 17.9 Å². The minimum absolute atomic E-state index is 0.426. The van der Waals surface area contributed by atoms with Crippen molar-refractivity contribution in [2.75, 3.05) is 6.61 Å². The summed E-state index contributed by atoms with van der Waals surface area (Å²) < 4.78 is 8.06. The zero-order valence-corrected chi connectivity index (χ0v) is 17.9. The quantitative estimate of drug-likeness (QED) is 0.601. The van der Waals surface area contributed by atoms with E-state index in [-0.39, 0.29) is 0 Å². The van der Waals surface area contributed by atoms with E-state index in [4.69, 9.17) is 10.5 Å². The number of hydrogen-bond donors (Lipinski definition) is 2. The SMILES string of the molecule is NC(=O)c1cccc2c1c1c(OCC(=O)O)cc3c(c1n2CC1=CCCC=C1)CCCC3. The van der Waals surface area contributed by atoms with Crippen LogP contribution in [0.5, 0.6) is 5.75 Å². The van der Waals surface area contributed by atoms with E-state index in [2.05, 4.69) is 22.8 Å². The molecule has 164 valence electrons. The molecule has 0 radical (unpaired) electrons. The van der Waals surface area contributed by atoms with Crippen molar-refractivity contribution < 1.29 is 19.4 Å². The van der Waals surface area contributed by atoms with Crippen LogP contribution in [0.3, 0.4) is 0 Å². The van der Waals surface area contributed by atoms with Crippen molar-refractivity contribution in [1.82, 2.24) is 4.57 Å². The Morgan fingerprint density at radius 3 is 2.72 bits per heavy atom. The van der Waals surface area contributed by atoms with Gasteiger partial charge in [0.2, 0.25) is 5.91 Å². The summed E-state index contributed by atoms with van der Waals surface area (Å²) in [6.07, 6.45) is 12.7. The fraction of sp³-hybridized carbons (Fsp3) is 0.308. The molecule has 0 spiro atoms. The number of nitrogens with two attached hydrogens (primary N) is 1. The van der Waals surface area contributed by atoms with Crippen LogP contribution in [0.25, 0.3) is 21.8 Å². The first-order valence-corrected chi connectivity index (χ1v) is 11.1. The van der Waals surface area contributed by atoms with Crippen molar-refractivity contribution in [2.24, 2.45) is 5.73 Å². The number of carboxylic acid groups (broad SMARTS) is 1. The molecule has 1 heterocycles. The summed E-state index contributed by atoms with van der Waals surface area (Å²) in [4.78, 5) is 23.7. The number of carbonyl (C=O) groups excluding carboxylic acids is 1. The first-order chi connectivity index (χ1) is 15.5. The summed E-state index contributed by atoms with van der Waals surface area (Å²) in [5.74, 6) is -1.03. The minimum Gasteiger partial charge on any atom is -0.481 e. The maximum absolute atomic E-state index is 12.4. The lowest BCUT2D eigenvalue weighted by atomic mass is 9.89. The van der Waals surface area contributed by atoms with Gasteiger partial charge in [0.05, 0.1) is 16.4 Å². The minimum atomic E-state index is -1.03. The molecule has 0 aliphatic heterocycles. The van der Waals surface area contributed by atoms with Crippen LogP contribution in [0.2, 0.25) is 0 Å². The Hall–Kier alpha value is -3.54. The fourth-order valence-electron chi connectivity index (χ4n) is 5.13. The van der Waals surface area contributed by atoms with Crippen molar-refractivity contribution in [2.45, 2.75) is 45.1 Å². The van der Waals surface area contributed by atoms with E-state index in [9.17, 15) is 14.7 Å². The van der Waals surface area contributed by atoms with Crippen LogP contribution in [0.4, 0.5) is 0 Å². The lowest BCUT2D eigenvalue weighted by molar-refractivity contribution is -0.139. The van der Waals surface area contributed by atoms with E-state index in [1.54, 1.807) is 6.07 Å². The number of aromatic nitrogens is 1. The fourth-order valence-corrected chi connectivity index (χ4v) is 5.13. The van der Waals surface area contributed by atoms with Crippen molar-refractivity contribution in [1.29, 1.82) is 0 Å². The second-order valence-corrected chi connectivity index (χ2v) is 8.53. The predicted molar refractivity (Wildman–Crippen MR) is 124 cm³/mol. The molecule has 1 aromatic heterocycles. The highest BCUT2D eigenvalue weighted by Crippen LogP contribution is 2.43. The van der Waals surface area contributed by atoms with Gasteiger partial charge in [0.25, 0.3) is 0 Å². The normalized spacial score (nSPS) is 15.6. The van der Waals surface area contributed by atoms with E-state index in [0.717, 1.165) is 60.3 Å². The van der Waals surface area contributed by atoms with Crippen molar-refractivity contribution in [3.8, 4) is 5.75 Å². The molecule has 0 atom stereocenters. The van der Waals surface area contributed by atoms with Crippen molar-refractivity contribution >= 4 is 33.7 Å². The first-order valence-electron chi connectivity index (χ1n) is 11.1. The smallest absolute Gasteiger partial charge is 0.341 e. The largest absolute Gasteiger partial charge is 0.481 e. The van der Waals surface area contributed by atoms with Gasteiger partial charge in [-0.3, -0.25) is 4.79 Å². The van der Waals surface area contributed by atoms with Gasteiger partial charge in [-0.1, -0.05) is 24.3 Å². The highest BCUT2D eigenvalue weighted by atomic mass is 16.5. The Kier molecular flexibility index (Phi) is 5.21. The first kappa shape index (κ1) is 20.4. The highest BCUT2D eigenvalue weighted by Gasteiger charge is 2.26. The molecule has 32 heavy (non-hydrogen) atoms. The summed E-state index contributed by atoms with van der Waals surface area (Å²) in [6, 6.07) is 7.56. The summed E-state index contributed by atoms with van der Waals surface area (Å²) in [7, 11) is 0. The maximum atomic E-state index is 12.4. The van der Waals surface area contributed by atoms with Crippen LogP contribution in [0.15, 0.2) is 48.1 Å². The summed E-state index contributed by atoms with van der Waals surface area (Å²) >= 11 is 0. The van der Waals surface area contributed by atoms with Gasteiger partial charge in [-0.05, 0) is 73.4 Å². The summed E-state index contributed by atoms with van der Waals surface area (Å²) in [6.45, 7) is 0.237. The number of aliphatic carboxylic acids is 1. The van der Waals surface area contributed by atoms with Crippen molar-refractivity contribution in [3.05, 3.63) is 64.8 Å². The van der Waals surface area contributed by atoms with E-state index in [1.807, 2.05) is 18.2 Å². The number of amides is 1. The molecule has 6 nitrogen and oxygen atoms in total. The average Bonchev–Trinajstić information content (AvgIpc) is 3.13. The van der Waals surface area contributed by atoms with Gasteiger partial charge in [-0.2, -0.15) is 0 Å². The third kappa shape index (κ3) is 3.45. The van der Waals surface area contributed by atoms with Gasteiger partial charge in [0.1, 0.15) is 5.75 Å². The number of rotatable bonds is 6. The molecule has 1 amide bonds. The highest BCUT2D eigenvalue weighted by molar-refractivity contribution is 6.20. The molecule has 6 heteroatoms. The number of hydrogen-bond acceptors (Lipinski definition) is 3. The second kappa shape index (κ2) is 8.19. The molecule has 3 N–H and O–H groups in total. The number of carboxylic acids is 1. The van der Waals surface area contributed by atoms with Crippen LogP contribution < -0.4 is 10.5 Å². The Morgan fingerprint density at radius 2 is 1.97 bits per heavy atom. The number of fused-ring (bicyclic) bond motifs is 5. The van der Waals surface area contributed by atoms with Gasteiger partial charge in [0, 0.05) is 17.5 Å². The Morgan fingerprint density at radius 1 is 1.12 bits per heavy atom. The van der Waals surface area contributed by atoms with Crippen LogP contribution in [0.1, 0.15) is 47.2 Å². The number of carbonyl (C=O) groups is 2. The molecule has 5 rings (SSSR count). The van der Waals surface area contributed by atoms with Crippen molar-refractivity contribution in [3.63, 3.8) is 0 Å². The molecule has 0 bridgehead atoms. The molecule has 0 saturated carbocycles. The molecular weight excluding hydrogens is 404 g/mol. The number of nitrogens with zero attached hydrogens (tertiary/aromatic N) is 1. The molecule has 0 fully saturated rings. The Balaban J connectivity index is 1.88. The number of benzene rings is 2. The monoisotopic (exact) mass is 430 g/mol. The molecule has 2 aromatic carbocycles. The summed E-state index contributed by atoms with van der Waals surface area (Å²) in [5, 5.41) is 10.8. The second-order valence-electron chi connectivity index (χ2n) is 8.53. The maximum Gasteiger partial charge on any atom is 0.341 e. The zero-order valence-electron chi connectivity index (χ0n) is 17.9. The van der Waals surface area contributed by atoms with E-state index < -0.39 is 18.5 Å². The number of aryl methyl sites for hydroxylation is 2. The lowest BCUT2D eigenvalue weighted by Gasteiger charge is -2.21. The molecule has 0 unspecified atom stereocenters. The van der Waals surface area contributed by atoms with Crippen LogP contribution in [-0.4, -0.2) is 28.2 Å². The topological polar surface area (TPSA) is 94.6 Å². The zero-order chi connectivity index (χ0) is 22.2. The predicted octanol–water partition coefficient (Wildman–Crippen LogP) is 4.51. The number of ether oxygens (including phenoxy) is 1. The molecule has 0 saturated heterocycles. The van der Waals surface area contributed by atoms with Gasteiger partial charge < -0.3 is 20.1 Å². The molecule has 3 aromatic rings. The Labute approximate surface area is 186 Å². The van der Waals surface area contributed by atoms with Gasteiger partial charge in [0.15, 0.2) is 6.61 Å². The third-order valence-corrected chi connectivity index (χ3v) is 6.47. The standard InChI is InChI=1S/C26H26N2O4/c27-26(31)19-11-6-12-20-23(19)24-21(32-15-22(29)30)13-17-9-4-5-10-18(17)25(24)28(20)14-16-7-2-1-3-8-16/h2,6-8,11-13H,1,3-5,9-10,14-15H2,(H2,27,31)(H,29,30). The van der Waals surface area contributed by atoms with Gasteiger partial charge in [-0.25, -0.2) is 4.79 Å². The lowest BCUT2D eigenvalue weighted by Crippen LogP contribution is -2.12. The van der Waals surface area contributed by atoms with Crippen LogP contribution in [-0.2, 0) is 24.2 Å². The van der Waals surface area contributed by atoms with Gasteiger partial charge in [-0.15, -0.1) is 0 Å². The number of allylic oxidation sites excluding steroid dienone is 4. The number of primary amides is 1. The van der Waals surface area contributed by atoms with E-state index >= 15 is 0 Å². The van der Waals surface area contributed by atoms with E-state index in [1.165, 1.54) is 16.7 Å². The summed E-state index contributed by atoms with van der Waals surface area (Å²) in [5.41, 5.74) is 11.8. The van der Waals surface area contributed by atoms with Crippen LogP contribution >= 0.6 is 0 Å². The Bertz CT molecular complexity index is 1310. The molecular formula is C26H26N2O4. The third-order valence-electron chi connectivity index (χ3n) is 6.47. The molecule has 2 aliphatic carbocycles. The van der Waals surface area contributed by atoms with Crippen LogP contribution in [0, 0.1) is 0 Å². The van der Waals surface area contributed by atoms with Gasteiger partial charge >= 0.3 is 5.97 Å².